The van der Waals surface area contributed by atoms with E-state index < -0.39 is 0 Å². The molecule has 0 spiro atoms. The van der Waals surface area contributed by atoms with Gasteiger partial charge < -0.3 is 15.2 Å². The Morgan fingerprint density at radius 2 is 2.11 bits per heavy atom. The predicted octanol–water partition coefficient (Wildman–Crippen LogP) is 1.38. The number of rotatable bonds is 4. The second-order valence-corrected chi connectivity index (χ2v) is 5.29. The largest absolute Gasteiger partial charge is 0.454 e. The molecule has 98 valence electrons. The number of likely N-dealkylation sites (tertiary alicyclic amines) is 1. The molecule has 0 aromatic heterocycles. The van der Waals surface area contributed by atoms with Crippen LogP contribution in [0, 0.1) is 0 Å². The van der Waals surface area contributed by atoms with E-state index in [1.165, 1.54) is 5.56 Å². The second kappa shape index (κ2) is 4.78. The number of nitrogens with zero attached hydrogens (tertiary/aromatic N) is 1. The van der Waals surface area contributed by atoms with Crippen LogP contribution in [0.1, 0.15) is 18.9 Å². The fourth-order valence-corrected chi connectivity index (χ4v) is 2.56. The Bertz CT molecular complexity index is 430. The highest BCUT2D eigenvalue weighted by Crippen LogP contribution is 2.33. The maximum Gasteiger partial charge on any atom is 0.231 e. The van der Waals surface area contributed by atoms with Crippen molar-refractivity contribution in [1.82, 2.24) is 4.90 Å². The molecule has 2 aliphatic heterocycles. The van der Waals surface area contributed by atoms with Crippen LogP contribution in [0.4, 0.5) is 0 Å². The van der Waals surface area contributed by atoms with Crippen molar-refractivity contribution < 1.29 is 9.47 Å². The van der Waals surface area contributed by atoms with Crippen molar-refractivity contribution in [3.8, 4) is 11.5 Å². The van der Waals surface area contributed by atoms with Gasteiger partial charge in [-0.05, 0) is 37.5 Å². The summed E-state index contributed by atoms with van der Waals surface area (Å²) in [5.41, 5.74) is 7.12. The summed E-state index contributed by atoms with van der Waals surface area (Å²) in [5, 5.41) is 0. The molecule has 4 heteroatoms. The highest BCUT2D eigenvalue weighted by atomic mass is 16.7. The highest BCUT2D eigenvalue weighted by molar-refractivity contribution is 5.44. The smallest absolute Gasteiger partial charge is 0.231 e. The first-order valence-electron chi connectivity index (χ1n) is 6.60. The Hall–Kier alpha value is -1.26. The van der Waals surface area contributed by atoms with E-state index in [0.29, 0.717) is 18.9 Å². The first kappa shape index (κ1) is 11.8. The molecular formula is C14H20N2O2. The van der Waals surface area contributed by atoms with Crippen molar-refractivity contribution in [3.63, 3.8) is 0 Å². The van der Waals surface area contributed by atoms with E-state index in [0.717, 1.165) is 37.4 Å². The van der Waals surface area contributed by atoms with Crippen LogP contribution < -0.4 is 15.2 Å². The van der Waals surface area contributed by atoms with E-state index in [2.05, 4.69) is 24.0 Å². The summed E-state index contributed by atoms with van der Waals surface area (Å²) < 4.78 is 10.7. The molecule has 1 unspecified atom stereocenters. The van der Waals surface area contributed by atoms with Gasteiger partial charge in [-0.2, -0.15) is 0 Å². The molecule has 0 amide bonds. The standard InChI is InChI=1S/C14H20N2O2/c1-10(16-7-12(15)8-16)2-3-11-4-5-13-14(6-11)18-9-17-13/h4-6,10,12H,2-3,7-9,15H2,1H3. The lowest BCUT2D eigenvalue weighted by Crippen LogP contribution is -2.58. The normalized spacial score (nSPS) is 20.8. The summed E-state index contributed by atoms with van der Waals surface area (Å²) in [4.78, 5) is 2.44. The zero-order valence-corrected chi connectivity index (χ0v) is 10.8. The van der Waals surface area contributed by atoms with Crippen LogP contribution in [0.3, 0.4) is 0 Å². The molecule has 0 bridgehead atoms. The Balaban J connectivity index is 1.53. The van der Waals surface area contributed by atoms with Crippen molar-refractivity contribution in [2.24, 2.45) is 5.73 Å². The summed E-state index contributed by atoms with van der Waals surface area (Å²) >= 11 is 0. The molecule has 1 saturated heterocycles. The predicted molar refractivity (Wildman–Crippen MR) is 69.9 cm³/mol. The molecule has 2 N–H and O–H groups in total. The molecule has 0 saturated carbocycles. The van der Waals surface area contributed by atoms with Gasteiger partial charge in [0.25, 0.3) is 0 Å². The summed E-state index contributed by atoms with van der Waals surface area (Å²) in [6.07, 6.45) is 2.23. The van der Waals surface area contributed by atoms with Gasteiger partial charge in [0.05, 0.1) is 0 Å². The number of hydrogen-bond acceptors (Lipinski definition) is 4. The highest BCUT2D eigenvalue weighted by Gasteiger charge is 2.26. The first-order chi connectivity index (χ1) is 8.72. The number of ether oxygens (including phenoxy) is 2. The molecule has 1 aromatic carbocycles. The Morgan fingerprint density at radius 1 is 1.33 bits per heavy atom. The molecule has 1 aromatic rings. The third kappa shape index (κ3) is 2.31. The lowest BCUT2D eigenvalue weighted by Gasteiger charge is -2.41. The third-order valence-electron chi connectivity index (χ3n) is 3.85. The van der Waals surface area contributed by atoms with E-state index >= 15 is 0 Å². The molecule has 18 heavy (non-hydrogen) atoms. The second-order valence-electron chi connectivity index (χ2n) is 5.29. The molecule has 1 fully saturated rings. The molecule has 3 rings (SSSR count). The van der Waals surface area contributed by atoms with Gasteiger partial charge in [-0.25, -0.2) is 0 Å². The molecule has 4 nitrogen and oxygen atoms in total. The zero-order chi connectivity index (χ0) is 12.5. The minimum absolute atomic E-state index is 0.348. The van der Waals surface area contributed by atoms with Crippen molar-refractivity contribution in [2.45, 2.75) is 31.8 Å². The minimum Gasteiger partial charge on any atom is -0.454 e. The average molecular weight is 248 g/mol. The van der Waals surface area contributed by atoms with Crippen LogP contribution in [0.2, 0.25) is 0 Å². The van der Waals surface area contributed by atoms with Crippen LogP contribution in [-0.4, -0.2) is 36.9 Å². The molecular weight excluding hydrogens is 228 g/mol. The summed E-state index contributed by atoms with van der Waals surface area (Å²) in [5.74, 6) is 1.74. The van der Waals surface area contributed by atoms with Gasteiger partial charge in [-0.1, -0.05) is 6.07 Å². The topological polar surface area (TPSA) is 47.7 Å². The van der Waals surface area contributed by atoms with Crippen LogP contribution in [0.5, 0.6) is 11.5 Å². The lowest BCUT2D eigenvalue weighted by atomic mass is 10.0. The maximum atomic E-state index is 5.80. The van der Waals surface area contributed by atoms with E-state index in [-0.39, 0.29) is 0 Å². The van der Waals surface area contributed by atoms with Gasteiger partial charge in [0.2, 0.25) is 6.79 Å². The fourth-order valence-electron chi connectivity index (χ4n) is 2.56. The fraction of sp³-hybridized carbons (Fsp3) is 0.571. The third-order valence-corrected chi connectivity index (χ3v) is 3.85. The lowest BCUT2D eigenvalue weighted by molar-refractivity contribution is 0.0984. The molecule has 2 heterocycles. The SMILES string of the molecule is CC(CCc1ccc2c(c1)OCO2)N1CC(N)C1. The molecule has 0 aliphatic carbocycles. The number of aryl methyl sites for hydroxylation is 1. The molecule has 2 aliphatic rings. The number of hydrogen-bond donors (Lipinski definition) is 1. The quantitative estimate of drug-likeness (QED) is 0.874. The summed E-state index contributed by atoms with van der Waals surface area (Å²) in [7, 11) is 0. The maximum absolute atomic E-state index is 5.80. The number of benzene rings is 1. The Labute approximate surface area is 108 Å². The van der Waals surface area contributed by atoms with E-state index in [9.17, 15) is 0 Å². The number of nitrogens with two attached hydrogens (primary N) is 1. The van der Waals surface area contributed by atoms with Gasteiger partial charge in [-0.15, -0.1) is 0 Å². The van der Waals surface area contributed by atoms with Gasteiger partial charge in [-0.3, -0.25) is 4.90 Å². The number of fused-ring (bicyclic) bond motifs is 1. The van der Waals surface area contributed by atoms with Crippen molar-refractivity contribution in [3.05, 3.63) is 23.8 Å². The van der Waals surface area contributed by atoms with Crippen molar-refractivity contribution in [2.75, 3.05) is 19.9 Å². The van der Waals surface area contributed by atoms with Crippen LogP contribution in [0.15, 0.2) is 18.2 Å². The van der Waals surface area contributed by atoms with Crippen LogP contribution >= 0.6 is 0 Å². The molecule has 0 radical (unpaired) electrons. The van der Waals surface area contributed by atoms with Gasteiger partial charge >= 0.3 is 0 Å². The first-order valence-corrected chi connectivity index (χ1v) is 6.60. The van der Waals surface area contributed by atoms with Crippen LogP contribution in [-0.2, 0) is 6.42 Å². The van der Waals surface area contributed by atoms with Crippen LogP contribution in [0.25, 0.3) is 0 Å². The van der Waals surface area contributed by atoms with E-state index in [1.54, 1.807) is 0 Å². The zero-order valence-electron chi connectivity index (χ0n) is 10.8. The Kier molecular flexibility index (Phi) is 3.14. The van der Waals surface area contributed by atoms with Gasteiger partial charge in [0.15, 0.2) is 11.5 Å². The average Bonchev–Trinajstić information content (AvgIpc) is 2.79. The summed E-state index contributed by atoms with van der Waals surface area (Å²) in [6.45, 7) is 4.71. The van der Waals surface area contributed by atoms with E-state index in [1.807, 2.05) is 6.07 Å². The monoisotopic (exact) mass is 248 g/mol. The Morgan fingerprint density at radius 3 is 2.89 bits per heavy atom. The van der Waals surface area contributed by atoms with E-state index in [4.69, 9.17) is 15.2 Å². The minimum atomic E-state index is 0.348. The van der Waals surface area contributed by atoms with Crippen molar-refractivity contribution >= 4 is 0 Å². The molecule has 1 atom stereocenters. The van der Waals surface area contributed by atoms with Gasteiger partial charge in [0, 0.05) is 25.2 Å². The van der Waals surface area contributed by atoms with Crippen molar-refractivity contribution in [1.29, 1.82) is 0 Å². The summed E-state index contributed by atoms with van der Waals surface area (Å²) in [6, 6.07) is 7.22. The van der Waals surface area contributed by atoms with Gasteiger partial charge in [0.1, 0.15) is 0 Å².